The number of nitrogens with zero attached hydrogens (tertiary/aromatic N) is 1. The molecule has 0 saturated carbocycles. The standard InChI is InChI=1S/C48H33NO2/c1-47(2)37-19-7-6-18-35(37)36-28-42-44(29-41(36)47)49(34-17-11-16-33(27-34)32-15-10-14-31(26-32)30-12-4-3-5-13-30)43-21-9-8-20-38(43)48(42)39-22-24-50-45(39)46-40(48)23-25-51-46/h3-29H,1-2H3. The van der Waals surface area contributed by atoms with Crippen molar-refractivity contribution in [1.82, 2.24) is 0 Å². The highest BCUT2D eigenvalue weighted by molar-refractivity contribution is 5.97. The van der Waals surface area contributed by atoms with Crippen molar-refractivity contribution in [3.8, 4) is 44.9 Å². The summed E-state index contributed by atoms with van der Waals surface area (Å²) in [4.78, 5) is 2.48. The molecular weight excluding hydrogens is 623 g/mol. The van der Waals surface area contributed by atoms with Gasteiger partial charge in [0, 0.05) is 22.2 Å². The van der Waals surface area contributed by atoms with Crippen LogP contribution in [0.4, 0.5) is 17.1 Å². The molecular formula is C48H33NO2. The molecule has 0 bridgehead atoms. The summed E-state index contributed by atoms with van der Waals surface area (Å²) in [5.74, 6) is 1.62. The Morgan fingerprint density at radius 1 is 0.412 bits per heavy atom. The van der Waals surface area contributed by atoms with E-state index < -0.39 is 5.41 Å². The molecule has 242 valence electrons. The van der Waals surface area contributed by atoms with Crippen LogP contribution in [-0.2, 0) is 10.8 Å². The van der Waals surface area contributed by atoms with Gasteiger partial charge in [0.25, 0.3) is 0 Å². The molecule has 0 atom stereocenters. The van der Waals surface area contributed by atoms with Crippen molar-refractivity contribution in [2.75, 3.05) is 4.90 Å². The van der Waals surface area contributed by atoms with E-state index in [9.17, 15) is 0 Å². The van der Waals surface area contributed by atoms with Crippen molar-refractivity contribution >= 4 is 17.1 Å². The summed E-state index contributed by atoms with van der Waals surface area (Å²) in [6.45, 7) is 4.72. The average Bonchev–Trinajstić information content (AvgIpc) is 3.95. The largest absolute Gasteiger partial charge is 0.461 e. The average molecular weight is 656 g/mol. The van der Waals surface area contributed by atoms with E-state index in [1.165, 1.54) is 61.3 Å². The zero-order valence-electron chi connectivity index (χ0n) is 28.4. The third kappa shape index (κ3) is 3.68. The van der Waals surface area contributed by atoms with Crippen LogP contribution in [0.15, 0.2) is 173 Å². The molecule has 0 radical (unpaired) electrons. The molecule has 11 rings (SSSR count). The van der Waals surface area contributed by atoms with Gasteiger partial charge in [-0.25, -0.2) is 0 Å². The first-order valence-electron chi connectivity index (χ1n) is 17.7. The smallest absolute Gasteiger partial charge is 0.174 e. The minimum atomic E-state index is -0.606. The SMILES string of the molecule is CC1(C)c2ccccc2-c2cc3c(cc21)N(c1cccc(-c2cccc(-c4ccccc4)c2)c1)c1ccccc1C31c2ccoc2-c2occc21. The number of hydrogen-bond donors (Lipinski definition) is 0. The lowest BCUT2D eigenvalue weighted by molar-refractivity contribution is 0.525. The van der Waals surface area contributed by atoms with Crippen LogP contribution in [-0.4, -0.2) is 0 Å². The molecule has 8 aromatic rings. The second kappa shape index (κ2) is 10.1. The van der Waals surface area contributed by atoms with Crippen LogP contribution in [0, 0.1) is 0 Å². The van der Waals surface area contributed by atoms with Gasteiger partial charge >= 0.3 is 0 Å². The number of hydrogen-bond acceptors (Lipinski definition) is 3. The summed E-state index contributed by atoms with van der Waals surface area (Å²) < 4.78 is 12.4. The van der Waals surface area contributed by atoms with Gasteiger partial charge in [-0.15, -0.1) is 0 Å². The van der Waals surface area contributed by atoms with Gasteiger partial charge in [-0.1, -0.05) is 117 Å². The highest BCUT2D eigenvalue weighted by atomic mass is 16.4. The minimum absolute atomic E-state index is 0.159. The van der Waals surface area contributed by atoms with Crippen molar-refractivity contribution in [2.24, 2.45) is 0 Å². The van der Waals surface area contributed by atoms with Gasteiger partial charge in [-0.2, -0.15) is 0 Å². The maximum absolute atomic E-state index is 6.21. The lowest BCUT2D eigenvalue weighted by Crippen LogP contribution is -2.36. The van der Waals surface area contributed by atoms with Crippen LogP contribution < -0.4 is 4.90 Å². The lowest BCUT2D eigenvalue weighted by atomic mass is 9.64. The van der Waals surface area contributed by atoms with E-state index in [-0.39, 0.29) is 5.41 Å². The molecule has 0 saturated heterocycles. The number of benzene rings is 6. The molecule has 1 aliphatic heterocycles. The molecule has 0 N–H and O–H groups in total. The van der Waals surface area contributed by atoms with E-state index in [2.05, 4.69) is 170 Å². The van der Waals surface area contributed by atoms with Crippen LogP contribution >= 0.6 is 0 Å². The van der Waals surface area contributed by atoms with Crippen LogP contribution in [0.2, 0.25) is 0 Å². The maximum atomic E-state index is 6.21. The van der Waals surface area contributed by atoms with E-state index in [1.807, 2.05) is 12.5 Å². The van der Waals surface area contributed by atoms with E-state index >= 15 is 0 Å². The van der Waals surface area contributed by atoms with Gasteiger partial charge in [0.1, 0.15) is 0 Å². The Morgan fingerprint density at radius 2 is 1.02 bits per heavy atom. The number of para-hydroxylation sites is 1. The van der Waals surface area contributed by atoms with Crippen molar-refractivity contribution in [3.05, 3.63) is 198 Å². The molecule has 0 unspecified atom stereocenters. The second-order valence-corrected chi connectivity index (χ2v) is 14.5. The fraction of sp³-hybridized carbons (Fsp3) is 0.0833. The lowest BCUT2D eigenvalue weighted by Gasteiger charge is -2.44. The van der Waals surface area contributed by atoms with Gasteiger partial charge in [-0.05, 0) is 104 Å². The van der Waals surface area contributed by atoms with Gasteiger partial charge in [0.15, 0.2) is 11.5 Å². The van der Waals surface area contributed by atoms with Crippen molar-refractivity contribution in [3.63, 3.8) is 0 Å². The summed E-state index contributed by atoms with van der Waals surface area (Å²) in [5.41, 5.74) is 17.4. The number of furan rings is 2. The summed E-state index contributed by atoms with van der Waals surface area (Å²) in [6, 6.07) is 55.5. The van der Waals surface area contributed by atoms with Crippen LogP contribution in [0.25, 0.3) is 44.9 Å². The molecule has 0 fully saturated rings. The summed E-state index contributed by atoms with van der Waals surface area (Å²) >= 11 is 0. The number of fused-ring (bicyclic) bond motifs is 12. The fourth-order valence-electron chi connectivity index (χ4n) is 9.38. The molecule has 3 aliphatic rings. The topological polar surface area (TPSA) is 29.5 Å². The molecule has 3 heterocycles. The fourth-order valence-corrected chi connectivity index (χ4v) is 9.38. The molecule has 6 aromatic carbocycles. The predicted octanol–water partition coefficient (Wildman–Crippen LogP) is 12.7. The molecule has 3 nitrogen and oxygen atoms in total. The zero-order valence-corrected chi connectivity index (χ0v) is 28.4. The first-order valence-corrected chi connectivity index (χ1v) is 17.7. The minimum Gasteiger partial charge on any atom is -0.461 e. The van der Waals surface area contributed by atoms with Crippen molar-refractivity contribution in [1.29, 1.82) is 0 Å². The van der Waals surface area contributed by atoms with Gasteiger partial charge < -0.3 is 13.7 Å². The monoisotopic (exact) mass is 655 g/mol. The molecule has 51 heavy (non-hydrogen) atoms. The second-order valence-electron chi connectivity index (χ2n) is 14.5. The summed E-state index contributed by atoms with van der Waals surface area (Å²) in [6.07, 6.45) is 3.62. The van der Waals surface area contributed by atoms with Crippen LogP contribution in [0.3, 0.4) is 0 Å². The van der Waals surface area contributed by atoms with Crippen LogP contribution in [0.5, 0.6) is 0 Å². The summed E-state index contributed by atoms with van der Waals surface area (Å²) in [5, 5.41) is 0. The quantitative estimate of drug-likeness (QED) is 0.190. The molecule has 2 aromatic heterocycles. The Morgan fingerprint density at radius 3 is 1.78 bits per heavy atom. The highest BCUT2D eigenvalue weighted by Gasteiger charge is 2.55. The molecule has 1 spiro atoms. The van der Waals surface area contributed by atoms with E-state index in [0.717, 1.165) is 34.0 Å². The third-order valence-electron chi connectivity index (χ3n) is 11.6. The summed E-state index contributed by atoms with van der Waals surface area (Å²) in [7, 11) is 0. The first-order chi connectivity index (χ1) is 25.0. The van der Waals surface area contributed by atoms with Gasteiger partial charge in [-0.3, -0.25) is 0 Å². The van der Waals surface area contributed by atoms with Crippen LogP contribution in [0.1, 0.15) is 47.2 Å². The first kappa shape index (κ1) is 28.5. The Hall–Kier alpha value is -6.32. The van der Waals surface area contributed by atoms with Crippen molar-refractivity contribution in [2.45, 2.75) is 24.7 Å². The predicted molar refractivity (Wildman–Crippen MR) is 205 cm³/mol. The number of rotatable bonds is 3. The third-order valence-corrected chi connectivity index (χ3v) is 11.6. The van der Waals surface area contributed by atoms with E-state index in [4.69, 9.17) is 8.83 Å². The van der Waals surface area contributed by atoms with Gasteiger partial charge in [0.05, 0.1) is 29.3 Å². The number of anilines is 3. The highest BCUT2D eigenvalue weighted by Crippen LogP contribution is 2.65. The Kier molecular flexibility index (Phi) is 5.66. The maximum Gasteiger partial charge on any atom is 0.174 e. The zero-order chi connectivity index (χ0) is 33.9. The molecule has 2 aliphatic carbocycles. The Labute approximate surface area is 297 Å². The molecule has 0 amide bonds. The van der Waals surface area contributed by atoms with E-state index in [0.29, 0.717) is 0 Å². The Balaban J connectivity index is 1.19. The molecule has 3 heteroatoms. The van der Waals surface area contributed by atoms with Gasteiger partial charge in [0.2, 0.25) is 0 Å². The van der Waals surface area contributed by atoms with Crippen molar-refractivity contribution < 1.29 is 8.83 Å². The van der Waals surface area contributed by atoms with E-state index in [1.54, 1.807) is 0 Å². The normalized spacial score (nSPS) is 15.1. The Bertz CT molecular complexity index is 2650.